The predicted molar refractivity (Wildman–Crippen MR) is 104 cm³/mol. The third-order valence-corrected chi connectivity index (χ3v) is 5.62. The first-order valence-electron chi connectivity index (χ1n) is 9.42. The van der Waals surface area contributed by atoms with E-state index in [0.29, 0.717) is 11.3 Å². The molecule has 0 aliphatic carbocycles. The Morgan fingerprint density at radius 1 is 1.20 bits per heavy atom. The zero-order valence-corrected chi connectivity index (χ0v) is 16.2. The highest BCUT2D eigenvalue weighted by molar-refractivity contribution is 8.00. The summed E-state index contributed by atoms with van der Waals surface area (Å²) in [6.45, 7) is 5.98. The summed E-state index contributed by atoms with van der Waals surface area (Å²) in [5.74, 6) is 0.530. The van der Waals surface area contributed by atoms with Gasteiger partial charge >= 0.3 is 0 Å². The summed E-state index contributed by atoms with van der Waals surface area (Å²) in [6, 6.07) is 7.74. The number of thioether (sulfide) groups is 1. The van der Waals surface area contributed by atoms with Crippen LogP contribution in [-0.4, -0.2) is 41.6 Å². The van der Waals surface area contributed by atoms with Crippen LogP contribution in [0.25, 0.3) is 0 Å². The standard InChI is InChI=1S/C20H30N2O2S/c1-3-4-5-10-16(2)21-20(24)17-11-6-7-12-18(17)25-15-19(23)22-13-8-9-14-22/h6-7,11-12,16H,3-5,8-10,13-15H2,1-2H3,(H,21,24). The van der Waals surface area contributed by atoms with Crippen molar-refractivity contribution < 1.29 is 9.59 Å². The molecule has 1 aliphatic heterocycles. The number of benzene rings is 1. The fourth-order valence-electron chi connectivity index (χ4n) is 3.05. The molecule has 0 spiro atoms. The van der Waals surface area contributed by atoms with E-state index in [2.05, 4.69) is 19.2 Å². The summed E-state index contributed by atoms with van der Waals surface area (Å²) < 4.78 is 0. The van der Waals surface area contributed by atoms with Crippen LogP contribution in [0.1, 0.15) is 62.7 Å². The minimum absolute atomic E-state index is 0.0410. The van der Waals surface area contributed by atoms with Gasteiger partial charge in [-0.25, -0.2) is 0 Å². The van der Waals surface area contributed by atoms with Crippen LogP contribution in [0.15, 0.2) is 29.2 Å². The number of unbranched alkanes of at least 4 members (excludes halogenated alkanes) is 2. The van der Waals surface area contributed by atoms with Crippen molar-refractivity contribution in [3.05, 3.63) is 29.8 Å². The van der Waals surface area contributed by atoms with Gasteiger partial charge in [0.1, 0.15) is 0 Å². The fourth-order valence-corrected chi connectivity index (χ4v) is 4.00. The highest BCUT2D eigenvalue weighted by Crippen LogP contribution is 2.24. The number of carbonyl (C=O) groups is 2. The molecule has 2 rings (SSSR count). The summed E-state index contributed by atoms with van der Waals surface area (Å²) in [5, 5.41) is 3.09. The van der Waals surface area contributed by atoms with Gasteiger partial charge in [-0.1, -0.05) is 38.3 Å². The lowest BCUT2D eigenvalue weighted by Gasteiger charge is -2.17. The van der Waals surface area contributed by atoms with Crippen LogP contribution in [0.4, 0.5) is 0 Å². The van der Waals surface area contributed by atoms with Gasteiger partial charge in [0.15, 0.2) is 0 Å². The number of nitrogens with one attached hydrogen (secondary N) is 1. The monoisotopic (exact) mass is 362 g/mol. The molecule has 0 radical (unpaired) electrons. The number of nitrogens with zero attached hydrogens (tertiary/aromatic N) is 1. The Hall–Kier alpha value is -1.49. The molecule has 1 fully saturated rings. The van der Waals surface area contributed by atoms with Crippen LogP contribution >= 0.6 is 11.8 Å². The fraction of sp³-hybridized carbons (Fsp3) is 0.600. The van der Waals surface area contributed by atoms with Gasteiger partial charge < -0.3 is 10.2 Å². The number of likely N-dealkylation sites (tertiary alicyclic amines) is 1. The summed E-state index contributed by atoms with van der Waals surface area (Å²) in [6.07, 6.45) is 6.73. The number of carbonyl (C=O) groups excluding carboxylic acids is 2. The normalized spacial score (nSPS) is 15.2. The topological polar surface area (TPSA) is 49.4 Å². The summed E-state index contributed by atoms with van der Waals surface area (Å²) in [4.78, 5) is 27.6. The van der Waals surface area contributed by atoms with E-state index >= 15 is 0 Å². The summed E-state index contributed by atoms with van der Waals surface area (Å²) in [7, 11) is 0. The Morgan fingerprint density at radius 2 is 1.92 bits per heavy atom. The molecule has 1 atom stereocenters. The zero-order chi connectivity index (χ0) is 18.1. The van der Waals surface area contributed by atoms with Crippen LogP contribution < -0.4 is 5.32 Å². The molecule has 2 amide bonds. The third-order valence-electron chi connectivity index (χ3n) is 4.56. The second-order valence-electron chi connectivity index (χ2n) is 6.74. The Balaban J connectivity index is 1.90. The summed E-state index contributed by atoms with van der Waals surface area (Å²) in [5.41, 5.74) is 0.670. The van der Waals surface area contributed by atoms with E-state index in [4.69, 9.17) is 0 Å². The summed E-state index contributed by atoms with van der Waals surface area (Å²) >= 11 is 1.47. The van der Waals surface area contributed by atoms with Gasteiger partial charge in [-0.3, -0.25) is 9.59 Å². The molecule has 5 heteroatoms. The average Bonchev–Trinajstić information content (AvgIpc) is 3.15. The SMILES string of the molecule is CCCCCC(C)NC(=O)c1ccccc1SCC(=O)N1CCCC1. The Bertz CT molecular complexity index is 571. The largest absolute Gasteiger partial charge is 0.350 e. The predicted octanol–water partition coefficient (Wildman–Crippen LogP) is 4.10. The van der Waals surface area contributed by atoms with Crippen molar-refractivity contribution in [1.82, 2.24) is 10.2 Å². The molecule has 25 heavy (non-hydrogen) atoms. The molecular formula is C20H30N2O2S. The van der Waals surface area contributed by atoms with Gasteiger partial charge in [0.2, 0.25) is 5.91 Å². The van der Waals surface area contributed by atoms with Crippen molar-refractivity contribution >= 4 is 23.6 Å². The molecule has 0 bridgehead atoms. The first kappa shape index (κ1) is 19.8. The highest BCUT2D eigenvalue weighted by Gasteiger charge is 2.19. The molecule has 1 heterocycles. The van der Waals surface area contributed by atoms with Crippen molar-refractivity contribution in [2.24, 2.45) is 0 Å². The van der Waals surface area contributed by atoms with Crippen LogP contribution in [0.2, 0.25) is 0 Å². The van der Waals surface area contributed by atoms with E-state index in [-0.39, 0.29) is 17.9 Å². The molecular weight excluding hydrogens is 332 g/mol. The lowest BCUT2D eigenvalue weighted by Crippen LogP contribution is -2.33. The number of hydrogen-bond donors (Lipinski definition) is 1. The Kier molecular flexibility index (Phi) is 8.32. The second-order valence-corrected chi connectivity index (χ2v) is 7.76. The van der Waals surface area contributed by atoms with Crippen molar-refractivity contribution in [3.8, 4) is 0 Å². The van der Waals surface area contributed by atoms with Gasteiger partial charge in [-0.2, -0.15) is 0 Å². The molecule has 1 N–H and O–H groups in total. The van der Waals surface area contributed by atoms with E-state index < -0.39 is 0 Å². The molecule has 1 aromatic rings. The van der Waals surface area contributed by atoms with Crippen LogP contribution in [0, 0.1) is 0 Å². The van der Waals surface area contributed by atoms with E-state index in [1.165, 1.54) is 24.6 Å². The molecule has 1 unspecified atom stereocenters. The van der Waals surface area contributed by atoms with Crippen molar-refractivity contribution in [1.29, 1.82) is 0 Å². The smallest absolute Gasteiger partial charge is 0.252 e. The number of rotatable bonds is 9. The maximum Gasteiger partial charge on any atom is 0.252 e. The van der Waals surface area contributed by atoms with E-state index in [1.54, 1.807) is 0 Å². The third kappa shape index (κ3) is 6.38. The van der Waals surface area contributed by atoms with E-state index in [0.717, 1.165) is 43.7 Å². The lowest BCUT2D eigenvalue weighted by molar-refractivity contribution is -0.127. The quantitative estimate of drug-likeness (QED) is 0.531. The number of hydrogen-bond acceptors (Lipinski definition) is 3. The highest BCUT2D eigenvalue weighted by atomic mass is 32.2. The first-order chi connectivity index (χ1) is 12.1. The number of amides is 2. The van der Waals surface area contributed by atoms with Crippen molar-refractivity contribution in [3.63, 3.8) is 0 Å². The molecule has 1 aliphatic rings. The maximum absolute atomic E-state index is 12.6. The minimum Gasteiger partial charge on any atom is -0.350 e. The molecule has 4 nitrogen and oxygen atoms in total. The zero-order valence-electron chi connectivity index (χ0n) is 15.4. The molecule has 138 valence electrons. The van der Waals surface area contributed by atoms with Crippen molar-refractivity contribution in [2.45, 2.75) is 63.3 Å². The minimum atomic E-state index is -0.0410. The van der Waals surface area contributed by atoms with Crippen molar-refractivity contribution in [2.75, 3.05) is 18.8 Å². The Morgan fingerprint density at radius 3 is 2.64 bits per heavy atom. The van der Waals surface area contributed by atoms with Gasteiger partial charge in [0, 0.05) is 24.0 Å². The Labute approximate surface area is 155 Å². The van der Waals surface area contributed by atoms with Gasteiger partial charge in [-0.05, 0) is 38.3 Å². The van der Waals surface area contributed by atoms with Crippen LogP contribution in [0.3, 0.4) is 0 Å². The first-order valence-corrected chi connectivity index (χ1v) is 10.4. The lowest BCUT2D eigenvalue weighted by atomic mass is 10.1. The molecule has 0 saturated carbocycles. The average molecular weight is 363 g/mol. The maximum atomic E-state index is 12.6. The van der Waals surface area contributed by atoms with Crippen LogP contribution in [-0.2, 0) is 4.79 Å². The van der Waals surface area contributed by atoms with Gasteiger partial charge in [0.25, 0.3) is 5.91 Å². The molecule has 1 aromatic carbocycles. The second kappa shape index (κ2) is 10.5. The van der Waals surface area contributed by atoms with Gasteiger partial charge in [-0.15, -0.1) is 11.8 Å². The van der Waals surface area contributed by atoms with Gasteiger partial charge in [0.05, 0.1) is 11.3 Å². The molecule has 0 aromatic heterocycles. The van der Waals surface area contributed by atoms with E-state index in [9.17, 15) is 9.59 Å². The molecule has 1 saturated heterocycles. The van der Waals surface area contributed by atoms with Crippen LogP contribution in [0.5, 0.6) is 0 Å². The van der Waals surface area contributed by atoms with E-state index in [1.807, 2.05) is 29.2 Å².